The van der Waals surface area contributed by atoms with Gasteiger partial charge in [0.25, 0.3) is 0 Å². The first-order chi connectivity index (χ1) is 5.66. The average molecular weight is 194 g/mol. The molecule has 0 atom stereocenters. The lowest BCUT2D eigenvalue weighted by Crippen LogP contribution is -2.26. The molecule has 0 heterocycles. The van der Waals surface area contributed by atoms with Crippen LogP contribution in [0.3, 0.4) is 0 Å². The molecule has 0 aromatic rings. The standard InChI is InChI=1S/C7H11ClO4/c8-3-1-2-4-12-7(11)5-6(9)10/h1-5H2,(H,9,10)/p-1. The molecule has 0 unspecified atom stereocenters. The number of halogens is 1. The molecule has 0 aliphatic heterocycles. The molecule has 0 aliphatic carbocycles. The maximum atomic E-state index is 10.5. The first-order valence-electron chi connectivity index (χ1n) is 3.58. The van der Waals surface area contributed by atoms with Crippen LogP contribution in [-0.2, 0) is 14.3 Å². The summed E-state index contributed by atoms with van der Waals surface area (Å²) < 4.78 is 4.54. The van der Waals surface area contributed by atoms with E-state index in [-0.39, 0.29) is 6.61 Å². The van der Waals surface area contributed by atoms with Gasteiger partial charge in [0.2, 0.25) is 0 Å². The zero-order chi connectivity index (χ0) is 9.40. The molecule has 0 spiro atoms. The smallest absolute Gasteiger partial charge is 0.311 e. The van der Waals surface area contributed by atoms with Crippen molar-refractivity contribution in [1.82, 2.24) is 0 Å². The number of unbranched alkanes of at least 4 members (excludes halogenated alkanes) is 1. The Labute approximate surface area is 75.5 Å². The van der Waals surface area contributed by atoms with Crippen LogP contribution >= 0.6 is 11.6 Å². The van der Waals surface area contributed by atoms with Crippen LogP contribution in [0.5, 0.6) is 0 Å². The SMILES string of the molecule is O=C([O-])CC(=O)OCCCCCl. The van der Waals surface area contributed by atoms with Gasteiger partial charge in [0, 0.05) is 5.88 Å². The summed E-state index contributed by atoms with van der Waals surface area (Å²) in [5, 5.41) is 9.87. The van der Waals surface area contributed by atoms with Crippen LogP contribution in [0.4, 0.5) is 0 Å². The lowest BCUT2D eigenvalue weighted by atomic mass is 10.3. The van der Waals surface area contributed by atoms with Gasteiger partial charge in [-0.1, -0.05) is 0 Å². The maximum absolute atomic E-state index is 10.5. The number of hydrogen-bond acceptors (Lipinski definition) is 4. The molecule has 0 aliphatic rings. The van der Waals surface area contributed by atoms with Crippen molar-refractivity contribution >= 4 is 23.5 Å². The Morgan fingerprint density at radius 3 is 2.50 bits per heavy atom. The minimum atomic E-state index is -1.42. The van der Waals surface area contributed by atoms with Gasteiger partial charge in [0.15, 0.2) is 0 Å². The monoisotopic (exact) mass is 193 g/mol. The highest BCUT2D eigenvalue weighted by molar-refractivity contribution is 6.17. The summed E-state index contributed by atoms with van der Waals surface area (Å²) in [5.74, 6) is -1.67. The largest absolute Gasteiger partial charge is 0.550 e. The molecule has 0 fully saturated rings. The van der Waals surface area contributed by atoms with E-state index in [1.54, 1.807) is 0 Å². The number of carbonyl (C=O) groups is 2. The van der Waals surface area contributed by atoms with Gasteiger partial charge >= 0.3 is 5.97 Å². The van der Waals surface area contributed by atoms with Crippen molar-refractivity contribution < 1.29 is 19.4 Å². The van der Waals surface area contributed by atoms with Gasteiger partial charge in [-0.3, -0.25) is 4.79 Å². The van der Waals surface area contributed by atoms with E-state index in [4.69, 9.17) is 11.6 Å². The topological polar surface area (TPSA) is 66.4 Å². The highest BCUT2D eigenvalue weighted by Gasteiger charge is 2.01. The Morgan fingerprint density at radius 1 is 1.33 bits per heavy atom. The van der Waals surface area contributed by atoms with Gasteiger partial charge in [-0.2, -0.15) is 0 Å². The van der Waals surface area contributed by atoms with Gasteiger partial charge in [-0.05, 0) is 12.8 Å². The van der Waals surface area contributed by atoms with Crippen molar-refractivity contribution in [3.8, 4) is 0 Å². The second-order valence-corrected chi connectivity index (χ2v) is 2.54. The summed E-state index contributed by atoms with van der Waals surface area (Å²) in [5.41, 5.74) is 0. The number of carbonyl (C=O) groups excluding carboxylic acids is 2. The normalized spacial score (nSPS) is 9.42. The molecule has 12 heavy (non-hydrogen) atoms. The van der Waals surface area contributed by atoms with Crippen molar-refractivity contribution in [3.63, 3.8) is 0 Å². The first-order valence-corrected chi connectivity index (χ1v) is 4.11. The van der Waals surface area contributed by atoms with Crippen LogP contribution < -0.4 is 5.11 Å². The molecule has 0 saturated carbocycles. The van der Waals surface area contributed by atoms with Crippen molar-refractivity contribution in [2.45, 2.75) is 19.3 Å². The number of alkyl halides is 1. The number of carboxylic acid groups (broad SMARTS) is 1. The Bertz CT molecular complexity index is 157. The van der Waals surface area contributed by atoms with E-state index >= 15 is 0 Å². The van der Waals surface area contributed by atoms with E-state index in [2.05, 4.69) is 4.74 Å². The van der Waals surface area contributed by atoms with Crippen molar-refractivity contribution in [1.29, 1.82) is 0 Å². The highest BCUT2D eigenvalue weighted by Crippen LogP contribution is 1.94. The zero-order valence-electron chi connectivity index (χ0n) is 6.55. The predicted octanol–water partition coefficient (Wildman–Crippen LogP) is -0.311. The first kappa shape index (κ1) is 11.2. The second kappa shape index (κ2) is 6.91. The third-order valence-electron chi connectivity index (χ3n) is 1.08. The van der Waals surface area contributed by atoms with Crippen LogP contribution in [0.1, 0.15) is 19.3 Å². The van der Waals surface area contributed by atoms with Crippen LogP contribution in [0.25, 0.3) is 0 Å². The summed E-state index contributed by atoms with van der Waals surface area (Å²) >= 11 is 5.36. The quantitative estimate of drug-likeness (QED) is 0.251. The number of esters is 1. The lowest BCUT2D eigenvalue weighted by molar-refractivity contribution is -0.305. The number of aliphatic carboxylic acids is 1. The molecule has 4 nitrogen and oxygen atoms in total. The number of hydrogen-bond donors (Lipinski definition) is 0. The second-order valence-electron chi connectivity index (χ2n) is 2.17. The third kappa shape index (κ3) is 7.34. The summed E-state index contributed by atoms with van der Waals surface area (Å²) in [6.07, 6.45) is 0.726. The molecule has 0 aromatic heterocycles. The molecule has 0 rings (SSSR count). The molecular formula is C7H10ClO4-. The Morgan fingerprint density at radius 2 is 2.00 bits per heavy atom. The molecule has 0 saturated heterocycles. The third-order valence-corrected chi connectivity index (χ3v) is 1.35. The predicted molar refractivity (Wildman–Crippen MR) is 40.5 cm³/mol. The molecule has 0 aromatic carbocycles. The van der Waals surface area contributed by atoms with E-state index in [1.807, 2.05) is 0 Å². The Balaban J connectivity index is 3.26. The van der Waals surface area contributed by atoms with Gasteiger partial charge < -0.3 is 14.6 Å². The number of carboxylic acids is 1. The van der Waals surface area contributed by atoms with Crippen LogP contribution in [-0.4, -0.2) is 24.4 Å². The molecule has 0 N–H and O–H groups in total. The summed E-state index contributed by atoms with van der Waals surface area (Å²) in [7, 11) is 0. The summed E-state index contributed by atoms with van der Waals surface area (Å²) in [4.78, 5) is 20.4. The average Bonchev–Trinajstić information content (AvgIpc) is 1.97. The van der Waals surface area contributed by atoms with Gasteiger partial charge in [0.1, 0.15) is 0 Å². The minimum absolute atomic E-state index is 0.221. The van der Waals surface area contributed by atoms with E-state index in [0.29, 0.717) is 12.3 Å². The van der Waals surface area contributed by atoms with E-state index < -0.39 is 18.4 Å². The van der Waals surface area contributed by atoms with Crippen molar-refractivity contribution in [2.75, 3.05) is 12.5 Å². The molecular weight excluding hydrogens is 184 g/mol. The fourth-order valence-corrected chi connectivity index (χ4v) is 0.740. The van der Waals surface area contributed by atoms with E-state index in [0.717, 1.165) is 6.42 Å². The van der Waals surface area contributed by atoms with Crippen molar-refractivity contribution in [2.24, 2.45) is 0 Å². The zero-order valence-corrected chi connectivity index (χ0v) is 7.30. The fourth-order valence-electron chi connectivity index (χ4n) is 0.551. The Kier molecular flexibility index (Phi) is 6.47. The molecule has 5 heteroatoms. The van der Waals surface area contributed by atoms with Gasteiger partial charge in [-0.15, -0.1) is 11.6 Å². The molecule has 0 amide bonds. The number of rotatable bonds is 6. The lowest BCUT2D eigenvalue weighted by Gasteiger charge is -2.03. The van der Waals surface area contributed by atoms with Crippen LogP contribution in [0, 0.1) is 0 Å². The number of ether oxygens (including phenoxy) is 1. The minimum Gasteiger partial charge on any atom is -0.550 e. The maximum Gasteiger partial charge on any atom is 0.311 e. The fraction of sp³-hybridized carbons (Fsp3) is 0.714. The van der Waals surface area contributed by atoms with E-state index in [1.165, 1.54) is 0 Å². The highest BCUT2D eigenvalue weighted by atomic mass is 35.5. The van der Waals surface area contributed by atoms with Crippen LogP contribution in [0.2, 0.25) is 0 Å². The summed E-state index contributed by atoms with van der Waals surface area (Å²) in [6, 6.07) is 0. The van der Waals surface area contributed by atoms with Crippen molar-refractivity contribution in [3.05, 3.63) is 0 Å². The van der Waals surface area contributed by atoms with Gasteiger partial charge in [-0.25, -0.2) is 0 Å². The summed E-state index contributed by atoms with van der Waals surface area (Å²) in [6.45, 7) is 0.221. The van der Waals surface area contributed by atoms with Crippen LogP contribution in [0.15, 0.2) is 0 Å². The molecule has 0 radical (unpaired) electrons. The van der Waals surface area contributed by atoms with Gasteiger partial charge in [0.05, 0.1) is 19.0 Å². The molecule has 70 valence electrons. The Hall–Kier alpha value is -0.770. The molecule has 0 bridgehead atoms. The van der Waals surface area contributed by atoms with E-state index in [9.17, 15) is 14.7 Å².